The van der Waals surface area contributed by atoms with Crippen LogP contribution in [0.25, 0.3) is 0 Å². The molecule has 0 aromatic rings. The topological polar surface area (TPSA) is 61.8 Å². The third-order valence-corrected chi connectivity index (χ3v) is 3.37. The van der Waals surface area contributed by atoms with Gasteiger partial charge in [0.05, 0.1) is 6.61 Å². The van der Waals surface area contributed by atoms with E-state index in [-0.39, 0.29) is 12.7 Å². The summed E-state index contributed by atoms with van der Waals surface area (Å²) >= 11 is 0. The van der Waals surface area contributed by atoms with E-state index < -0.39 is 12.4 Å². The summed E-state index contributed by atoms with van der Waals surface area (Å²) < 4.78 is 10.7. The molecule has 0 unspecified atom stereocenters. The summed E-state index contributed by atoms with van der Waals surface area (Å²) in [5.74, 6) is 0. The van der Waals surface area contributed by atoms with Gasteiger partial charge < -0.3 is 19.7 Å². The van der Waals surface area contributed by atoms with Gasteiger partial charge in [-0.2, -0.15) is 0 Å². The van der Waals surface area contributed by atoms with E-state index in [0.29, 0.717) is 6.61 Å². The van der Waals surface area contributed by atoms with E-state index in [1.807, 2.05) is 0 Å². The summed E-state index contributed by atoms with van der Waals surface area (Å²) in [7, 11) is 0. The summed E-state index contributed by atoms with van der Waals surface area (Å²) in [5, 5.41) is 20.2. The van der Waals surface area contributed by atoms with E-state index in [9.17, 15) is 5.11 Å². The maximum atomic E-state index is 11.1. The van der Waals surface area contributed by atoms with Crippen LogP contribution in [-0.2, 0) is 9.47 Å². The van der Waals surface area contributed by atoms with Crippen LogP contribution in [0.4, 0.5) is 0 Å². The zero-order valence-electron chi connectivity index (χ0n) is 11.9. The van der Waals surface area contributed by atoms with E-state index in [4.69, 9.17) is 14.6 Å². The Kier molecular flexibility index (Phi) is 9.08. The minimum Gasteiger partial charge on any atom is -0.828 e. The van der Waals surface area contributed by atoms with Crippen molar-refractivity contribution in [1.82, 2.24) is 0 Å². The lowest BCUT2D eigenvalue weighted by atomic mass is 10.1. The average molecular weight is 271 g/mol. The van der Waals surface area contributed by atoms with Crippen LogP contribution in [0.15, 0.2) is 12.2 Å². The van der Waals surface area contributed by atoms with Crippen LogP contribution >= 0.6 is 0 Å². The van der Waals surface area contributed by atoms with Gasteiger partial charge in [0.25, 0.3) is 0 Å². The van der Waals surface area contributed by atoms with Crippen LogP contribution in [0.1, 0.15) is 51.9 Å². The zero-order valence-corrected chi connectivity index (χ0v) is 11.9. The third kappa shape index (κ3) is 7.06. The lowest BCUT2D eigenvalue weighted by Gasteiger charge is -2.34. The Bertz CT molecular complexity index is 242. The molecule has 0 fully saturated rings. The molecule has 0 saturated heterocycles. The highest BCUT2D eigenvalue weighted by Crippen LogP contribution is 2.14. The second-order valence-electron chi connectivity index (χ2n) is 5.07. The number of hydrogen-bond acceptors (Lipinski definition) is 4. The number of rotatable bonds is 10. The third-order valence-electron chi connectivity index (χ3n) is 3.37. The van der Waals surface area contributed by atoms with E-state index in [1.165, 1.54) is 44.6 Å². The highest BCUT2D eigenvalue weighted by Gasteiger charge is 2.23. The van der Waals surface area contributed by atoms with Crippen LogP contribution in [0.5, 0.6) is 0 Å². The van der Waals surface area contributed by atoms with Gasteiger partial charge in [0.2, 0.25) is 0 Å². The van der Waals surface area contributed by atoms with Crippen molar-refractivity contribution in [3.05, 3.63) is 12.2 Å². The van der Waals surface area contributed by atoms with Crippen molar-refractivity contribution in [2.45, 2.75) is 70.4 Å². The summed E-state index contributed by atoms with van der Waals surface area (Å²) in [6.45, 7) is 2.70. The van der Waals surface area contributed by atoms with Gasteiger partial charge in [0.15, 0.2) is 0 Å². The molecule has 1 N–H and O–H groups in total. The first-order valence-electron chi connectivity index (χ1n) is 7.50. The molecule has 112 valence electrons. The molecule has 0 spiro atoms. The lowest BCUT2D eigenvalue weighted by Crippen LogP contribution is -2.44. The summed E-state index contributed by atoms with van der Waals surface area (Å²) in [6, 6.07) is 0. The molecule has 1 aliphatic rings. The molecule has 0 aromatic heterocycles. The Morgan fingerprint density at radius 3 is 2.47 bits per heavy atom. The Labute approximate surface area is 116 Å². The molecule has 0 amide bonds. The monoisotopic (exact) mass is 271 g/mol. The normalized spacial score (nSPS) is 26.8. The molecular weight excluding hydrogens is 244 g/mol. The molecule has 19 heavy (non-hydrogen) atoms. The Morgan fingerprint density at radius 2 is 1.79 bits per heavy atom. The first-order chi connectivity index (χ1) is 9.27. The molecule has 4 nitrogen and oxygen atoms in total. The summed E-state index contributed by atoms with van der Waals surface area (Å²) in [5.41, 5.74) is 0. The maximum absolute atomic E-state index is 11.1. The molecule has 3 atom stereocenters. The molecule has 4 heteroatoms. The smallest absolute Gasteiger partial charge is 0.109 e. The Hall–Kier alpha value is -0.420. The maximum Gasteiger partial charge on any atom is 0.109 e. The quantitative estimate of drug-likeness (QED) is 0.486. The number of aliphatic hydroxyl groups is 1. The minimum absolute atomic E-state index is 0.176. The average Bonchev–Trinajstić information content (AvgIpc) is 2.43. The Morgan fingerprint density at radius 1 is 1.11 bits per heavy atom. The first kappa shape index (κ1) is 16.6. The zero-order chi connectivity index (χ0) is 13.9. The molecule has 0 aromatic carbocycles. The van der Waals surface area contributed by atoms with Gasteiger partial charge in [0, 0.05) is 12.9 Å². The highest BCUT2D eigenvalue weighted by atomic mass is 16.6. The molecule has 0 bridgehead atoms. The number of unbranched alkanes of at least 4 members (excludes halogenated alkanes) is 6. The van der Waals surface area contributed by atoms with Gasteiger partial charge >= 0.3 is 0 Å². The van der Waals surface area contributed by atoms with Gasteiger partial charge in [-0.1, -0.05) is 57.6 Å². The molecule has 0 aliphatic carbocycles. The fourth-order valence-corrected chi connectivity index (χ4v) is 2.21. The van der Waals surface area contributed by atoms with Crippen molar-refractivity contribution in [2.24, 2.45) is 0 Å². The summed E-state index contributed by atoms with van der Waals surface area (Å²) in [6.07, 6.45) is 9.88. The minimum atomic E-state index is -1.17. The first-order valence-corrected chi connectivity index (χ1v) is 7.50. The van der Waals surface area contributed by atoms with Crippen LogP contribution in [-0.4, -0.2) is 36.8 Å². The highest BCUT2D eigenvalue weighted by molar-refractivity contribution is 4.99. The number of ether oxygens (including phenoxy) is 2. The van der Waals surface area contributed by atoms with E-state index in [0.717, 1.165) is 6.42 Å². The number of hydrogen-bond donors (Lipinski definition) is 1. The SMILES string of the molecule is CCCCCCCCCO[C@H]1C=C[C@@H]([O-])O[C@@H]1CO. The predicted octanol–water partition coefficient (Wildman–Crippen LogP) is 1.76. The molecule has 1 rings (SSSR count). The van der Waals surface area contributed by atoms with Crippen molar-refractivity contribution in [3.8, 4) is 0 Å². The van der Waals surface area contributed by atoms with Crippen LogP contribution in [0, 0.1) is 0 Å². The van der Waals surface area contributed by atoms with E-state index in [2.05, 4.69) is 6.92 Å². The fraction of sp³-hybridized carbons (Fsp3) is 0.867. The standard InChI is InChI=1S/C15H27O4/c1-2-3-4-5-6-7-8-11-18-13-9-10-15(17)19-14(13)12-16/h9-10,13-16H,2-8,11-12H2,1H3/q-1/t13-,14+,15-/m0/s1. The van der Waals surface area contributed by atoms with Crippen LogP contribution < -0.4 is 5.11 Å². The molecule has 0 saturated carbocycles. The predicted molar refractivity (Wildman–Crippen MR) is 72.6 cm³/mol. The van der Waals surface area contributed by atoms with E-state index >= 15 is 0 Å². The molecular formula is C15H27O4-. The van der Waals surface area contributed by atoms with Crippen molar-refractivity contribution in [3.63, 3.8) is 0 Å². The van der Waals surface area contributed by atoms with Crippen molar-refractivity contribution < 1.29 is 19.7 Å². The van der Waals surface area contributed by atoms with Crippen LogP contribution in [0.2, 0.25) is 0 Å². The molecule has 1 heterocycles. The Balaban J connectivity index is 2.03. The van der Waals surface area contributed by atoms with Gasteiger partial charge in [-0.3, -0.25) is 0 Å². The van der Waals surface area contributed by atoms with Gasteiger partial charge in [0.1, 0.15) is 12.2 Å². The molecule has 0 radical (unpaired) electrons. The summed E-state index contributed by atoms with van der Waals surface area (Å²) in [4.78, 5) is 0. The second-order valence-corrected chi connectivity index (χ2v) is 5.07. The van der Waals surface area contributed by atoms with Gasteiger partial charge in [-0.25, -0.2) is 0 Å². The van der Waals surface area contributed by atoms with Crippen molar-refractivity contribution in [1.29, 1.82) is 0 Å². The fourth-order valence-electron chi connectivity index (χ4n) is 2.21. The van der Waals surface area contributed by atoms with Gasteiger partial charge in [-0.15, -0.1) is 0 Å². The lowest BCUT2D eigenvalue weighted by molar-refractivity contribution is -0.484. The van der Waals surface area contributed by atoms with E-state index in [1.54, 1.807) is 6.08 Å². The largest absolute Gasteiger partial charge is 0.828 e. The van der Waals surface area contributed by atoms with Gasteiger partial charge in [-0.05, 0) is 6.42 Å². The second kappa shape index (κ2) is 10.4. The van der Waals surface area contributed by atoms with Crippen LogP contribution in [0.3, 0.4) is 0 Å². The molecule has 1 aliphatic heterocycles. The van der Waals surface area contributed by atoms with Crippen molar-refractivity contribution >= 4 is 0 Å². The number of aliphatic hydroxyl groups excluding tert-OH is 1. The van der Waals surface area contributed by atoms with Crippen molar-refractivity contribution in [2.75, 3.05) is 13.2 Å².